The van der Waals surface area contributed by atoms with Gasteiger partial charge in [-0.3, -0.25) is 9.79 Å². The van der Waals surface area contributed by atoms with E-state index >= 15 is 0 Å². The number of hydrogen-bond acceptors (Lipinski definition) is 7. The Bertz CT molecular complexity index is 1010. The van der Waals surface area contributed by atoms with E-state index < -0.39 is 22.0 Å². The average molecular weight is 461 g/mol. The molecule has 0 spiro atoms. The van der Waals surface area contributed by atoms with Gasteiger partial charge in [-0.15, -0.1) is 0 Å². The van der Waals surface area contributed by atoms with E-state index in [1.54, 1.807) is 42.5 Å². The number of ether oxygens (including phenoxy) is 1. The number of carbonyl (C=O) groups is 1. The molecule has 10 heteroatoms. The number of aliphatic imine (C=N–C) groups is 1. The predicted molar refractivity (Wildman–Crippen MR) is 121 cm³/mol. The summed E-state index contributed by atoms with van der Waals surface area (Å²) in [6, 6.07) is 13.4. The van der Waals surface area contributed by atoms with Crippen molar-refractivity contribution in [2.75, 3.05) is 26.2 Å². The van der Waals surface area contributed by atoms with E-state index in [2.05, 4.69) is 20.3 Å². The van der Waals surface area contributed by atoms with Crippen molar-refractivity contribution in [1.82, 2.24) is 15.4 Å². The van der Waals surface area contributed by atoms with Crippen LogP contribution in [0.1, 0.15) is 18.4 Å². The molecule has 3 rings (SSSR count). The molecule has 1 aliphatic heterocycles. The fourth-order valence-corrected chi connectivity index (χ4v) is 4.34. The van der Waals surface area contributed by atoms with Crippen LogP contribution < -0.4 is 20.1 Å². The Balaban J connectivity index is 1.45. The number of carboxylic acids is 1. The van der Waals surface area contributed by atoms with Gasteiger partial charge in [0.25, 0.3) is 0 Å². The quantitative estimate of drug-likeness (QED) is 0.352. The number of nitrogens with one attached hydrogen (secondary N) is 3. The summed E-state index contributed by atoms with van der Waals surface area (Å²) in [4.78, 5) is 15.9. The number of guanidine groups is 1. The molecule has 0 fully saturated rings. The first-order valence-corrected chi connectivity index (χ1v) is 12.0. The molecule has 1 aliphatic rings. The van der Waals surface area contributed by atoms with Crippen molar-refractivity contribution in [3.8, 4) is 5.75 Å². The Morgan fingerprint density at radius 3 is 2.53 bits per heavy atom. The second-order valence-corrected chi connectivity index (χ2v) is 9.03. The smallest absolute Gasteiger partial charge is 0.322 e. The summed E-state index contributed by atoms with van der Waals surface area (Å²) >= 11 is 0. The van der Waals surface area contributed by atoms with Crippen LogP contribution in [0.4, 0.5) is 0 Å². The Morgan fingerprint density at radius 1 is 1.12 bits per heavy atom. The normalized spacial score (nSPS) is 14.3. The van der Waals surface area contributed by atoms with Crippen molar-refractivity contribution in [3.05, 3.63) is 60.2 Å². The van der Waals surface area contributed by atoms with E-state index in [0.29, 0.717) is 17.9 Å². The molecule has 0 bridgehead atoms. The zero-order valence-electron chi connectivity index (χ0n) is 17.7. The molecule has 9 nitrogen and oxygen atoms in total. The number of nitrogens with zero attached hydrogens (tertiary/aromatic N) is 1. The largest absolute Gasteiger partial charge is 0.494 e. The molecule has 0 aromatic heterocycles. The topological polar surface area (TPSA) is 129 Å². The molecule has 0 saturated carbocycles. The monoisotopic (exact) mass is 460 g/mol. The highest BCUT2D eigenvalue weighted by atomic mass is 32.2. The first-order chi connectivity index (χ1) is 15.4. The lowest BCUT2D eigenvalue weighted by Gasteiger charge is -2.15. The molecule has 1 atom stereocenters. The number of sulfonamides is 1. The lowest BCUT2D eigenvalue weighted by molar-refractivity contribution is -0.138. The molecular weight excluding hydrogens is 432 g/mol. The van der Waals surface area contributed by atoms with Gasteiger partial charge in [-0.25, -0.2) is 8.42 Å². The number of aliphatic carboxylic acids is 1. The summed E-state index contributed by atoms with van der Waals surface area (Å²) in [6.45, 7) is 3.08. The van der Waals surface area contributed by atoms with E-state index in [1.165, 1.54) is 12.1 Å². The number of hydrogen-bond donors (Lipinski definition) is 4. The van der Waals surface area contributed by atoms with Crippen LogP contribution in [-0.4, -0.2) is 57.7 Å². The van der Waals surface area contributed by atoms with Gasteiger partial charge in [0.1, 0.15) is 11.8 Å². The van der Waals surface area contributed by atoms with Crippen LogP contribution in [0.2, 0.25) is 0 Å². The Kier molecular flexibility index (Phi) is 8.46. The molecular formula is C22H28N4O5S. The summed E-state index contributed by atoms with van der Waals surface area (Å²) in [5.74, 6) is 0.296. The SMILES string of the molecule is O=C(O)[C@H](Cc1ccc(OCCCCNC2=NCCN2)cc1)NS(=O)(=O)c1ccccc1. The van der Waals surface area contributed by atoms with E-state index in [-0.39, 0.29) is 11.3 Å². The third-order valence-corrected chi connectivity index (χ3v) is 6.31. The minimum atomic E-state index is -3.93. The molecule has 172 valence electrons. The maximum Gasteiger partial charge on any atom is 0.322 e. The highest BCUT2D eigenvalue weighted by Gasteiger charge is 2.25. The lowest BCUT2D eigenvalue weighted by atomic mass is 10.1. The molecule has 0 unspecified atom stereocenters. The molecule has 1 heterocycles. The summed E-state index contributed by atoms with van der Waals surface area (Å²) in [5.41, 5.74) is 0.689. The van der Waals surface area contributed by atoms with Gasteiger partial charge in [0.05, 0.1) is 18.0 Å². The Morgan fingerprint density at radius 2 is 1.88 bits per heavy atom. The van der Waals surface area contributed by atoms with Crippen LogP contribution in [0, 0.1) is 0 Å². The van der Waals surface area contributed by atoms with E-state index in [4.69, 9.17) is 4.74 Å². The third-order valence-electron chi connectivity index (χ3n) is 4.82. The highest BCUT2D eigenvalue weighted by molar-refractivity contribution is 7.89. The fraction of sp³-hybridized carbons (Fsp3) is 0.364. The Labute approximate surface area is 188 Å². The van der Waals surface area contributed by atoms with Crippen molar-refractivity contribution < 1.29 is 23.1 Å². The van der Waals surface area contributed by atoms with Gasteiger partial charge < -0.3 is 20.5 Å². The van der Waals surface area contributed by atoms with Gasteiger partial charge in [-0.05, 0) is 49.1 Å². The standard InChI is InChI=1S/C22H28N4O5S/c27-21(28)20(26-32(29,30)19-6-2-1-3-7-19)16-17-8-10-18(11-9-17)31-15-5-4-12-23-22-24-13-14-25-22/h1-3,6-11,20,26H,4-5,12-16H2,(H,27,28)(H2,23,24,25)/t20-/m0/s1. The van der Waals surface area contributed by atoms with Gasteiger partial charge in [0, 0.05) is 13.1 Å². The van der Waals surface area contributed by atoms with E-state index in [0.717, 1.165) is 38.4 Å². The second kappa shape index (κ2) is 11.5. The zero-order chi connectivity index (χ0) is 22.8. The van der Waals surface area contributed by atoms with Gasteiger partial charge in [0.2, 0.25) is 10.0 Å². The minimum absolute atomic E-state index is 0.0191. The molecule has 4 N–H and O–H groups in total. The lowest BCUT2D eigenvalue weighted by Crippen LogP contribution is -2.42. The molecule has 0 radical (unpaired) electrons. The Hall–Kier alpha value is -3.11. The molecule has 0 amide bonds. The molecule has 2 aromatic rings. The highest BCUT2D eigenvalue weighted by Crippen LogP contribution is 2.15. The molecule has 2 aromatic carbocycles. The van der Waals surface area contributed by atoms with E-state index in [9.17, 15) is 18.3 Å². The van der Waals surface area contributed by atoms with Gasteiger partial charge in [-0.1, -0.05) is 30.3 Å². The van der Waals surface area contributed by atoms with Crippen molar-refractivity contribution in [3.63, 3.8) is 0 Å². The van der Waals surface area contributed by atoms with Crippen LogP contribution in [0.25, 0.3) is 0 Å². The van der Waals surface area contributed by atoms with Crippen LogP contribution in [0.15, 0.2) is 64.5 Å². The first kappa shape index (κ1) is 23.6. The predicted octanol–water partition coefficient (Wildman–Crippen LogP) is 1.37. The zero-order valence-corrected chi connectivity index (χ0v) is 18.5. The summed E-state index contributed by atoms with van der Waals surface area (Å²) < 4.78 is 32.9. The van der Waals surface area contributed by atoms with Gasteiger partial charge in [0.15, 0.2) is 5.96 Å². The van der Waals surface area contributed by atoms with Crippen molar-refractivity contribution >= 4 is 22.0 Å². The van der Waals surface area contributed by atoms with Crippen LogP contribution in [0.3, 0.4) is 0 Å². The van der Waals surface area contributed by atoms with Crippen LogP contribution >= 0.6 is 0 Å². The number of carboxylic acid groups (broad SMARTS) is 1. The second-order valence-electron chi connectivity index (χ2n) is 7.31. The van der Waals surface area contributed by atoms with Crippen LogP contribution in [-0.2, 0) is 21.2 Å². The van der Waals surface area contributed by atoms with Gasteiger partial charge >= 0.3 is 5.97 Å². The third kappa shape index (κ3) is 7.24. The summed E-state index contributed by atoms with van der Waals surface area (Å²) in [6.07, 6.45) is 1.84. The molecule has 0 aliphatic carbocycles. The summed E-state index contributed by atoms with van der Waals surface area (Å²) in [7, 11) is -3.93. The minimum Gasteiger partial charge on any atom is -0.494 e. The van der Waals surface area contributed by atoms with Crippen molar-refractivity contribution in [2.24, 2.45) is 4.99 Å². The number of benzene rings is 2. The maximum atomic E-state index is 12.5. The fourth-order valence-electron chi connectivity index (χ4n) is 3.13. The number of unbranched alkanes of at least 4 members (excludes halogenated alkanes) is 1. The van der Waals surface area contributed by atoms with Crippen molar-refractivity contribution in [2.45, 2.75) is 30.2 Å². The van der Waals surface area contributed by atoms with Crippen LogP contribution in [0.5, 0.6) is 5.75 Å². The maximum absolute atomic E-state index is 12.5. The summed E-state index contributed by atoms with van der Waals surface area (Å²) in [5, 5.41) is 15.9. The molecule has 0 saturated heterocycles. The van der Waals surface area contributed by atoms with Gasteiger partial charge in [-0.2, -0.15) is 4.72 Å². The van der Waals surface area contributed by atoms with E-state index in [1.807, 2.05) is 0 Å². The molecule has 32 heavy (non-hydrogen) atoms. The number of rotatable bonds is 12. The van der Waals surface area contributed by atoms with Crippen molar-refractivity contribution in [1.29, 1.82) is 0 Å². The first-order valence-electron chi connectivity index (χ1n) is 10.5. The average Bonchev–Trinajstić information content (AvgIpc) is 3.31.